The van der Waals surface area contributed by atoms with Gasteiger partial charge in [-0.2, -0.15) is 0 Å². The van der Waals surface area contributed by atoms with Gasteiger partial charge in [0, 0.05) is 12.4 Å². The fraction of sp³-hybridized carbons (Fsp3) is 0.286. The van der Waals surface area contributed by atoms with Crippen molar-refractivity contribution in [3.05, 3.63) is 48.3 Å². The van der Waals surface area contributed by atoms with Crippen LogP contribution in [0.1, 0.15) is 12.5 Å². The molecule has 0 spiro atoms. The van der Waals surface area contributed by atoms with Crippen LogP contribution in [0.4, 0.5) is 0 Å². The zero-order valence-corrected chi connectivity index (χ0v) is 10.7. The van der Waals surface area contributed by atoms with Crippen molar-refractivity contribution in [3.63, 3.8) is 0 Å². The topological polar surface area (TPSA) is 35.4 Å². The number of ether oxygens (including phenoxy) is 2. The third-order valence-electron chi connectivity index (χ3n) is 2.60. The molecule has 0 saturated carbocycles. The smallest absolute Gasteiger partial charge is 0.161 e. The Morgan fingerprint density at radius 2 is 1.94 bits per heavy atom. The summed E-state index contributed by atoms with van der Waals surface area (Å²) in [4.78, 5) is 0. The maximum absolute atomic E-state index is 5.48. The third-order valence-corrected chi connectivity index (χ3v) is 2.60. The van der Waals surface area contributed by atoms with Crippen LogP contribution in [0.25, 0.3) is 0 Å². The van der Waals surface area contributed by atoms with E-state index < -0.39 is 0 Å². The lowest BCUT2D eigenvalue weighted by Gasteiger charge is -2.12. The van der Waals surface area contributed by atoms with Gasteiger partial charge in [0.2, 0.25) is 0 Å². The molecule has 96 valence electrons. The van der Waals surface area contributed by atoms with Gasteiger partial charge in [-0.1, -0.05) is 6.07 Å². The Morgan fingerprint density at radius 1 is 1.17 bits per heavy atom. The largest absolute Gasteiger partial charge is 0.493 e. The van der Waals surface area contributed by atoms with Gasteiger partial charge in [-0.15, -0.1) is 0 Å². The summed E-state index contributed by atoms with van der Waals surface area (Å²) >= 11 is 0. The number of hydrogen-bond acceptors (Lipinski definition) is 3. The van der Waals surface area contributed by atoms with Crippen LogP contribution in [-0.2, 0) is 6.54 Å². The van der Waals surface area contributed by atoms with E-state index in [1.165, 1.54) is 0 Å². The fourth-order valence-corrected chi connectivity index (χ4v) is 1.72. The van der Waals surface area contributed by atoms with E-state index in [1.54, 1.807) is 7.11 Å². The molecule has 18 heavy (non-hydrogen) atoms. The number of methoxy groups -OCH3 is 1. The molecule has 4 heteroatoms. The lowest BCUT2D eigenvalue weighted by molar-refractivity contribution is 0.310. The number of rotatable bonds is 6. The van der Waals surface area contributed by atoms with Gasteiger partial charge in [-0.25, -0.2) is 0 Å². The van der Waals surface area contributed by atoms with Crippen molar-refractivity contribution < 1.29 is 9.47 Å². The molecule has 4 nitrogen and oxygen atoms in total. The minimum Gasteiger partial charge on any atom is -0.493 e. The Bertz CT molecular complexity index is 481. The highest BCUT2D eigenvalue weighted by Crippen LogP contribution is 2.27. The number of benzene rings is 1. The Morgan fingerprint density at radius 3 is 2.61 bits per heavy atom. The van der Waals surface area contributed by atoms with Gasteiger partial charge in [0.25, 0.3) is 0 Å². The van der Waals surface area contributed by atoms with Gasteiger partial charge in [0.05, 0.1) is 20.3 Å². The van der Waals surface area contributed by atoms with Crippen LogP contribution in [-0.4, -0.2) is 18.4 Å². The summed E-state index contributed by atoms with van der Waals surface area (Å²) in [6.07, 6.45) is 3.93. The third kappa shape index (κ3) is 2.97. The van der Waals surface area contributed by atoms with Crippen LogP contribution in [0.3, 0.4) is 0 Å². The van der Waals surface area contributed by atoms with Gasteiger partial charge < -0.3 is 14.9 Å². The van der Waals surface area contributed by atoms with E-state index in [-0.39, 0.29) is 0 Å². The van der Waals surface area contributed by atoms with E-state index in [2.05, 4.69) is 5.43 Å². The Balaban J connectivity index is 2.05. The van der Waals surface area contributed by atoms with Gasteiger partial charge in [-0.3, -0.25) is 4.68 Å². The van der Waals surface area contributed by atoms with Gasteiger partial charge in [0.1, 0.15) is 0 Å². The SMILES string of the molecule is CCOc1ccc(CNn2cccc2)cc1OC. The molecule has 0 aliphatic heterocycles. The number of nitrogens with zero attached hydrogens (tertiary/aromatic N) is 1. The summed E-state index contributed by atoms with van der Waals surface area (Å²) in [6.45, 7) is 3.33. The first-order valence-electron chi connectivity index (χ1n) is 6.00. The maximum atomic E-state index is 5.48. The molecule has 0 atom stereocenters. The minimum absolute atomic E-state index is 0.636. The van der Waals surface area contributed by atoms with Crippen LogP contribution < -0.4 is 14.9 Å². The van der Waals surface area contributed by atoms with Crippen LogP contribution in [0.2, 0.25) is 0 Å². The van der Waals surface area contributed by atoms with Crippen molar-refractivity contribution in [3.8, 4) is 11.5 Å². The van der Waals surface area contributed by atoms with Gasteiger partial charge in [0.15, 0.2) is 11.5 Å². The Kier molecular flexibility index (Phi) is 4.12. The van der Waals surface area contributed by atoms with E-state index in [0.29, 0.717) is 6.61 Å². The summed E-state index contributed by atoms with van der Waals surface area (Å²) in [7, 11) is 1.65. The minimum atomic E-state index is 0.636. The summed E-state index contributed by atoms with van der Waals surface area (Å²) in [5.41, 5.74) is 4.41. The second-order valence-corrected chi connectivity index (χ2v) is 3.84. The summed E-state index contributed by atoms with van der Waals surface area (Å²) in [6, 6.07) is 9.91. The van der Waals surface area contributed by atoms with Crippen LogP contribution in [0.15, 0.2) is 42.7 Å². The number of nitrogens with one attached hydrogen (secondary N) is 1. The molecule has 1 aromatic carbocycles. The highest BCUT2D eigenvalue weighted by atomic mass is 16.5. The average molecular weight is 246 g/mol. The molecule has 0 fully saturated rings. The first-order valence-corrected chi connectivity index (χ1v) is 6.00. The molecule has 1 aromatic heterocycles. The highest BCUT2D eigenvalue weighted by molar-refractivity contribution is 5.43. The molecule has 2 rings (SSSR count). The number of hydrogen-bond donors (Lipinski definition) is 1. The average Bonchev–Trinajstić information content (AvgIpc) is 2.91. The second kappa shape index (κ2) is 6.00. The maximum Gasteiger partial charge on any atom is 0.161 e. The van der Waals surface area contributed by atoms with Crippen LogP contribution >= 0.6 is 0 Å². The van der Waals surface area contributed by atoms with Crippen molar-refractivity contribution in [1.29, 1.82) is 0 Å². The lowest BCUT2D eigenvalue weighted by atomic mass is 10.2. The van der Waals surface area contributed by atoms with E-state index in [4.69, 9.17) is 9.47 Å². The molecule has 1 N–H and O–H groups in total. The van der Waals surface area contributed by atoms with E-state index >= 15 is 0 Å². The molecular formula is C14H18N2O2. The highest BCUT2D eigenvalue weighted by Gasteiger charge is 2.04. The summed E-state index contributed by atoms with van der Waals surface area (Å²) in [5.74, 6) is 1.55. The van der Waals surface area contributed by atoms with Crippen molar-refractivity contribution in [2.24, 2.45) is 0 Å². The standard InChI is InChI=1S/C14H18N2O2/c1-3-18-13-7-6-12(10-14(13)17-2)11-15-16-8-4-5-9-16/h4-10,15H,3,11H2,1-2H3. The van der Waals surface area contributed by atoms with Crippen LogP contribution in [0.5, 0.6) is 11.5 Å². The molecule has 0 unspecified atom stereocenters. The molecule has 1 heterocycles. The van der Waals surface area contributed by atoms with Crippen molar-refractivity contribution in [2.45, 2.75) is 13.5 Å². The molecule has 2 aromatic rings. The molecule has 0 amide bonds. The van der Waals surface area contributed by atoms with Crippen LogP contribution in [0, 0.1) is 0 Å². The monoisotopic (exact) mass is 246 g/mol. The first-order chi connectivity index (χ1) is 8.83. The first kappa shape index (κ1) is 12.4. The lowest BCUT2D eigenvalue weighted by Crippen LogP contribution is -2.11. The van der Waals surface area contributed by atoms with E-state index in [9.17, 15) is 0 Å². The normalized spacial score (nSPS) is 10.1. The predicted molar refractivity (Wildman–Crippen MR) is 71.7 cm³/mol. The summed E-state index contributed by atoms with van der Waals surface area (Å²) < 4.78 is 12.7. The molecule has 0 bridgehead atoms. The molecule has 0 radical (unpaired) electrons. The van der Waals surface area contributed by atoms with Crippen molar-refractivity contribution >= 4 is 0 Å². The van der Waals surface area contributed by atoms with Gasteiger partial charge >= 0.3 is 0 Å². The molecular weight excluding hydrogens is 228 g/mol. The Labute approximate surface area is 107 Å². The van der Waals surface area contributed by atoms with Crippen molar-refractivity contribution in [2.75, 3.05) is 19.1 Å². The second-order valence-electron chi connectivity index (χ2n) is 3.84. The van der Waals surface area contributed by atoms with Crippen molar-refractivity contribution in [1.82, 2.24) is 4.68 Å². The van der Waals surface area contributed by atoms with E-state index in [1.807, 2.05) is 54.3 Å². The quantitative estimate of drug-likeness (QED) is 0.851. The zero-order chi connectivity index (χ0) is 12.8. The van der Waals surface area contributed by atoms with Gasteiger partial charge in [-0.05, 0) is 36.8 Å². The fourth-order valence-electron chi connectivity index (χ4n) is 1.72. The Hall–Kier alpha value is -2.10. The summed E-state index contributed by atoms with van der Waals surface area (Å²) in [5, 5.41) is 0. The van der Waals surface area contributed by atoms with E-state index in [0.717, 1.165) is 23.6 Å². The number of aromatic nitrogens is 1. The predicted octanol–water partition coefficient (Wildman–Crippen LogP) is 2.64. The molecule has 0 saturated heterocycles. The molecule has 0 aliphatic rings. The molecule has 0 aliphatic carbocycles. The zero-order valence-electron chi connectivity index (χ0n) is 10.7.